The van der Waals surface area contributed by atoms with E-state index >= 15 is 0 Å². The number of nitrogens with zero attached hydrogens (tertiary/aromatic N) is 1. The van der Waals surface area contributed by atoms with Crippen LogP contribution in [0.3, 0.4) is 0 Å². The highest BCUT2D eigenvalue weighted by Crippen LogP contribution is 2.28. The second-order valence-electron chi connectivity index (χ2n) is 8.74. The van der Waals surface area contributed by atoms with Gasteiger partial charge in [-0.05, 0) is 60.6 Å². The molecule has 0 spiro atoms. The van der Waals surface area contributed by atoms with Crippen LogP contribution in [0.5, 0.6) is 5.75 Å². The first-order valence-electron chi connectivity index (χ1n) is 11.3. The van der Waals surface area contributed by atoms with E-state index in [0.29, 0.717) is 30.6 Å². The lowest BCUT2D eigenvalue weighted by atomic mass is 9.82. The number of hydrogen-bond acceptors (Lipinski definition) is 5. The van der Waals surface area contributed by atoms with Crippen molar-refractivity contribution in [1.29, 1.82) is 0 Å². The molecule has 0 fully saturated rings. The Balaban J connectivity index is 1.32. The number of carbonyl (C=O) groups excluding carboxylic acids is 3. The molecule has 3 rings (SSSR count). The fraction of sp³-hybridized carbons (Fsp3) is 0.423. The molecular formula is C26H30BrNO5. The summed E-state index contributed by atoms with van der Waals surface area (Å²) in [7, 11) is 0. The topological polar surface area (TPSA) is 72.9 Å². The van der Waals surface area contributed by atoms with Crippen molar-refractivity contribution in [3.05, 3.63) is 63.6 Å². The third-order valence-electron chi connectivity index (χ3n) is 6.04. The number of ether oxygens (including phenoxy) is 2. The van der Waals surface area contributed by atoms with Crippen LogP contribution >= 0.6 is 15.9 Å². The zero-order valence-electron chi connectivity index (χ0n) is 19.4. The molecule has 176 valence electrons. The lowest BCUT2D eigenvalue weighted by molar-refractivity contribution is -0.144. The van der Waals surface area contributed by atoms with Gasteiger partial charge in [-0.3, -0.25) is 19.3 Å². The molecule has 2 amide bonds. The number of benzene rings is 2. The lowest BCUT2D eigenvalue weighted by Gasteiger charge is -2.23. The summed E-state index contributed by atoms with van der Waals surface area (Å²) in [6.45, 7) is 7.40. The average Bonchev–Trinajstić information content (AvgIpc) is 3.03. The maximum absolute atomic E-state index is 12.4. The summed E-state index contributed by atoms with van der Waals surface area (Å²) in [5.74, 6) is -0.153. The second-order valence-corrected chi connectivity index (χ2v) is 9.66. The normalized spacial score (nSPS) is 13.3. The molecule has 0 radical (unpaired) electrons. The van der Waals surface area contributed by atoms with Gasteiger partial charge in [-0.25, -0.2) is 0 Å². The average molecular weight is 516 g/mol. The van der Waals surface area contributed by atoms with Gasteiger partial charge in [0.2, 0.25) is 0 Å². The maximum atomic E-state index is 12.4. The molecule has 0 aliphatic carbocycles. The molecule has 0 saturated heterocycles. The van der Waals surface area contributed by atoms with Crippen LogP contribution in [0, 0.1) is 0 Å². The van der Waals surface area contributed by atoms with Gasteiger partial charge in [-0.2, -0.15) is 0 Å². The summed E-state index contributed by atoms with van der Waals surface area (Å²) in [4.78, 5) is 38.0. The number of fused-ring (bicyclic) bond motifs is 1. The predicted octanol–water partition coefficient (Wildman–Crippen LogP) is 5.53. The Labute approximate surface area is 203 Å². The zero-order valence-corrected chi connectivity index (χ0v) is 20.9. The largest absolute Gasteiger partial charge is 0.494 e. The Morgan fingerprint density at radius 1 is 0.970 bits per heavy atom. The maximum Gasteiger partial charge on any atom is 0.305 e. The van der Waals surface area contributed by atoms with Crippen LogP contribution < -0.4 is 4.74 Å². The van der Waals surface area contributed by atoms with E-state index in [9.17, 15) is 14.4 Å². The quantitative estimate of drug-likeness (QED) is 0.223. The first-order chi connectivity index (χ1) is 15.7. The molecule has 2 aromatic rings. The van der Waals surface area contributed by atoms with E-state index in [0.717, 1.165) is 16.6 Å². The van der Waals surface area contributed by atoms with Crippen LogP contribution in [-0.2, 0) is 14.9 Å². The minimum Gasteiger partial charge on any atom is -0.494 e. The number of imide groups is 1. The molecule has 0 atom stereocenters. The van der Waals surface area contributed by atoms with Crippen molar-refractivity contribution in [3.63, 3.8) is 0 Å². The highest BCUT2D eigenvalue weighted by molar-refractivity contribution is 9.10. The first-order valence-corrected chi connectivity index (χ1v) is 12.1. The minimum atomic E-state index is -0.315. The Hall–Kier alpha value is -2.67. The number of halogens is 1. The smallest absolute Gasteiger partial charge is 0.305 e. The number of hydrogen-bond donors (Lipinski definition) is 0. The van der Waals surface area contributed by atoms with E-state index in [2.05, 4.69) is 48.8 Å². The summed E-state index contributed by atoms with van der Waals surface area (Å²) >= 11 is 3.32. The highest BCUT2D eigenvalue weighted by Gasteiger charge is 2.35. The summed E-state index contributed by atoms with van der Waals surface area (Å²) in [5, 5.41) is 0. The molecule has 7 heteroatoms. The molecule has 0 bridgehead atoms. The van der Waals surface area contributed by atoms with E-state index < -0.39 is 0 Å². The fourth-order valence-corrected chi connectivity index (χ4v) is 3.92. The molecule has 1 aliphatic heterocycles. The van der Waals surface area contributed by atoms with Gasteiger partial charge < -0.3 is 9.47 Å². The van der Waals surface area contributed by atoms with Crippen LogP contribution in [-0.4, -0.2) is 42.4 Å². The van der Waals surface area contributed by atoms with Gasteiger partial charge in [0.25, 0.3) is 11.8 Å². The van der Waals surface area contributed by atoms with Crippen molar-refractivity contribution >= 4 is 33.7 Å². The van der Waals surface area contributed by atoms with Gasteiger partial charge in [0.05, 0.1) is 24.3 Å². The van der Waals surface area contributed by atoms with Crippen LogP contribution in [0.4, 0.5) is 0 Å². The zero-order chi connectivity index (χ0) is 24.0. The van der Waals surface area contributed by atoms with Gasteiger partial charge in [0.1, 0.15) is 5.75 Å². The molecule has 0 unspecified atom stereocenters. The SMILES string of the molecule is CCC(C)(C)c1ccc(OCCCC(=O)OCCCN2C(=O)c3ccc(Br)cc3C2=O)cc1. The van der Waals surface area contributed by atoms with Crippen molar-refractivity contribution in [2.75, 3.05) is 19.8 Å². The Morgan fingerprint density at radius 3 is 2.36 bits per heavy atom. The molecule has 1 aliphatic rings. The van der Waals surface area contributed by atoms with Crippen LogP contribution in [0.25, 0.3) is 0 Å². The predicted molar refractivity (Wildman–Crippen MR) is 130 cm³/mol. The third-order valence-corrected chi connectivity index (χ3v) is 6.53. The first kappa shape index (κ1) is 25.0. The number of esters is 1. The Morgan fingerprint density at radius 2 is 1.67 bits per heavy atom. The second kappa shape index (κ2) is 11.0. The van der Waals surface area contributed by atoms with Crippen molar-refractivity contribution in [1.82, 2.24) is 4.90 Å². The van der Waals surface area contributed by atoms with Gasteiger partial charge in [0.15, 0.2) is 0 Å². The molecule has 0 saturated carbocycles. The number of amides is 2. The van der Waals surface area contributed by atoms with E-state index in [1.54, 1.807) is 18.2 Å². The molecular weight excluding hydrogens is 486 g/mol. The Bertz CT molecular complexity index is 1020. The van der Waals surface area contributed by atoms with E-state index in [1.807, 2.05) is 12.1 Å². The van der Waals surface area contributed by atoms with E-state index in [-0.39, 0.29) is 42.8 Å². The summed E-state index contributed by atoms with van der Waals surface area (Å²) in [5.41, 5.74) is 2.22. The molecule has 1 heterocycles. The van der Waals surface area contributed by atoms with E-state index in [4.69, 9.17) is 9.47 Å². The van der Waals surface area contributed by atoms with E-state index in [1.165, 1.54) is 10.5 Å². The van der Waals surface area contributed by atoms with Crippen LogP contribution in [0.1, 0.15) is 72.7 Å². The molecule has 33 heavy (non-hydrogen) atoms. The molecule has 2 aromatic carbocycles. The molecule has 6 nitrogen and oxygen atoms in total. The van der Waals surface area contributed by atoms with Crippen LogP contribution in [0.2, 0.25) is 0 Å². The van der Waals surface area contributed by atoms with Gasteiger partial charge in [-0.15, -0.1) is 0 Å². The van der Waals surface area contributed by atoms with Crippen LogP contribution in [0.15, 0.2) is 46.9 Å². The number of carbonyl (C=O) groups is 3. The minimum absolute atomic E-state index is 0.138. The summed E-state index contributed by atoms with van der Waals surface area (Å²) in [6, 6.07) is 13.1. The van der Waals surface area contributed by atoms with Crippen molar-refractivity contribution in [3.8, 4) is 5.75 Å². The highest BCUT2D eigenvalue weighted by atomic mass is 79.9. The van der Waals surface area contributed by atoms with Gasteiger partial charge in [-0.1, -0.05) is 48.8 Å². The number of rotatable bonds is 11. The standard InChI is InChI=1S/C26H30BrNO5/c1-4-26(2,3)18-8-11-20(12-9-18)32-15-5-7-23(29)33-16-6-14-28-24(30)21-13-10-19(27)17-22(21)25(28)31/h8-13,17H,4-7,14-16H2,1-3H3. The fourth-order valence-electron chi connectivity index (χ4n) is 3.56. The van der Waals surface area contributed by atoms with Gasteiger partial charge >= 0.3 is 5.97 Å². The van der Waals surface area contributed by atoms with Gasteiger partial charge in [0, 0.05) is 17.4 Å². The monoisotopic (exact) mass is 515 g/mol. The van der Waals surface area contributed by atoms with Crippen molar-refractivity contribution in [2.24, 2.45) is 0 Å². The van der Waals surface area contributed by atoms with Crippen molar-refractivity contribution in [2.45, 2.75) is 51.9 Å². The summed E-state index contributed by atoms with van der Waals surface area (Å²) in [6.07, 6.45) is 2.26. The molecule has 0 N–H and O–H groups in total. The molecule has 0 aromatic heterocycles. The Kier molecular flexibility index (Phi) is 8.30. The summed E-state index contributed by atoms with van der Waals surface area (Å²) < 4.78 is 11.7. The lowest BCUT2D eigenvalue weighted by Crippen LogP contribution is -2.31. The van der Waals surface area contributed by atoms with Crippen molar-refractivity contribution < 1.29 is 23.9 Å². The third kappa shape index (κ3) is 6.22.